The van der Waals surface area contributed by atoms with Gasteiger partial charge >= 0.3 is 12.1 Å². The molecule has 1 heterocycles. The number of nitrogens with zero attached hydrogens (tertiary/aromatic N) is 1. The molecule has 3 amide bonds. The van der Waals surface area contributed by atoms with E-state index < -0.39 is 48.3 Å². The van der Waals surface area contributed by atoms with Crippen LogP contribution >= 0.6 is 0 Å². The Morgan fingerprint density at radius 3 is 2.59 bits per heavy atom. The number of carboxylic acid groups (broad SMARTS) is 1. The summed E-state index contributed by atoms with van der Waals surface area (Å²) < 4.78 is 16.7. The molecule has 0 spiro atoms. The van der Waals surface area contributed by atoms with Crippen LogP contribution in [0.1, 0.15) is 45.6 Å². The molecular formula is C30H39N3O8. The van der Waals surface area contributed by atoms with Crippen molar-refractivity contribution in [3.8, 4) is 16.9 Å². The third-order valence-electron chi connectivity index (χ3n) is 6.30. The molecule has 1 saturated heterocycles. The van der Waals surface area contributed by atoms with Crippen LogP contribution in [0.25, 0.3) is 11.1 Å². The van der Waals surface area contributed by atoms with E-state index >= 15 is 0 Å². The zero-order valence-electron chi connectivity index (χ0n) is 24.0. The normalized spacial score (nSPS) is 15.9. The van der Waals surface area contributed by atoms with Gasteiger partial charge in [0, 0.05) is 31.4 Å². The predicted octanol–water partition coefficient (Wildman–Crippen LogP) is 3.35. The molecule has 0 saturated carbocycles. The van der Waals surface area contributed by atoms with Crippen LogP contribution in [0.15, 0.2) is 48.5 Å². The summed E-state index contributed by atoms with van der Waals surface area (Å²) in [6.07, 6.45) is -0.179. The van der Waals surface area contributed by atoms with Crippen molar-refractivity contribution >= 4 is 23.9 Å². The Morgan fingerprint density at radius 2 is 1.88 bits per heavy atom. The van der Waals surface area contributed by atoms with Crippen LogP contribution in [-0.4, -0.2) is 78.6 Å². The lowest BCUT2D eigenvalue weighted by atomic mass is 9.98. The molecule has 0 radical (unpaired) electrons. The molecule has 2 aromatic rings. The number of carbonyl (C=O) groups is 4. The largest absolute Gasteiger partial charge is 0.496 e. The molecule has 41 heavy (non-hydrogen) atoms. The minimum absolute atomic E-state index is 0.0199. The molecule has 3 rings (SSSR count). The summed E-state index contributed by atoms with van der Waals surface area (Å²) in [6, 6.07) is 14.0. The van der Waals surface area contributed by atoms with Gasteiger partial charge in [0.1, 0.15) is 30.2 Å². The van der Waals surface area contributed by atoms with Crippen LogP contribution in [0.4, 0.5) is 4.79 Å². The summed E-state index contributed by atoms with van der Waals surface area (Å²) >= 11 is 0. The molecule has 1 aliphatic rings. The van der Waals surface area contributed by atoms with Gasteiger partial charge in [0.15, 0.2) is 0 Å². The molecule has 222 valence electrons. The number of ether oxygens (including phenoxy) is 3. The SMILES string of the molecule is COc1ccccc1-c1cccc(C[C@H](NC(=O)CCC2OCCCN2C(=O)OC(C)(C)C)C(=O)NCC(=O)O)c1. The van der Waals surface area contributed by atoms with Crippen molar-refractivity contribution in [1.82, 2.24) is 15.5 Å². The van der Waals surface area contributed by atoms with Crippen molar-refractivity contribution < 1.29 is 38.5 Å². The first-order chi connectivity index (χ1) is 19.5. The summed E-state index contributed by atoms with van der Waals surface area (Å²) in [5.74, 6) is -1.55. The second kappa shape index (κ2) is 14.5. The second-order valence-electron chi connectivity index (χ2n) is 10.7. The van der Waals surface area contributed by atoms with Gasteiger partial charge in [-0.25, -0.2) is 4.79 Å². The minimum atomic E-state index is -1.20. The number of para-hydroxylation sites is 1. The van der Waals surface area contributed by atoms with Crippen LogP contribution in [0.5, 0.6) is 5.75 Å². The van der Waals surface area contributed by atoms with E-state index in [9.17, 15) is 19.2 Å². The fourth-order valence-corrected chi connectivity index (χ4v) is 4.46. The van der Waals surface area contributed by atoms with Gasteiger partial charge in [-0.05, 0) is 44.4 Å². The van der Waals surface area contributed by atoms with Crippen LogP contribution in [0.3, 0.4) is 0 Å². The Bertz CT molecular complexity index is 1230. The van der Waals surface area contributed by atoms with Crippen molar-refractivity contribution in [3.05, 3.63) is 54.1 Å². The summed E-state index contributed by atoms with van der Waals surface area (Å²) in [5, 5.41) is 14.1. The molecule has 11 nitrogen and oxygen atoms in total. The van der Waals surface area contributed by atoms with Gasteiger partial charge in [-0.3, -0.25) is 19.3 Å². The zero-order valence-corrected chi connectivity index (χ0v) is 24.0. The van der Waals surface area contributed by atoms with Crippen LogP contribution < -0.4 is 15.4 Å². The molecule has 2 atom stereocenters. The van der Waals surface area contributed by atoms with E-state index in [-0.39, 0.29) is 19.3 Å². The Hall–Kier alpha value is -4.12. The van der Waals surface area contributed by atoms with Gasteiger partial charge < -0.3 is 30.0 Å². The highest BCUT2D eigenvalue weighted by Crippen LogP contribution is 2.30. The van der Waals surface area contributed by atoms with E-state index in [1.165, 1.54) is 4.90 Å². The van der Waals surface area contributed by atoms with E-state index in [2.05, 4.69) is 10.6 Å². The van der Waals surface area contributed by atoms with E-state index in [1.54, 1.807) is 27.9 Å². The lowest BCUT2D eigenvalue weighted by Crippen LogP contribution is -2.50. The number of amides is 3. The van der Waals surface area contributed by atoms with E-state index in [0.717, 1.165) is 16.7 Å². The Kier molecular flexibility index (Phi) is 11.1. The molecule has 0 aromatic heterocycles. The number of hydrogen-bond acceptors (Lipinski definition) is 7. The maximum absolute atomic E-state index is 13.0. The monoisotopic (exact) mass is 569 g/mol. The molecule has 1 fully saturated rings. The van der Waals surface area contributed by atoms with Crippen molar-refractivity contribution in [2.24, 2.45) is 0 Å². The standard InChI is InChI=1S/C30H39N3O8/c1-30(2,3)41-29(38)33-15-8-16-40-26(33)14-13-25(34)32-23(28(37)31-19-27(35)36)18-20-9-7-10-21(17-20)22-11-5-6-12-24(22)39-4/h5-7,9-12,17,23,26H,8,13-16,18-19H2,1-4H3,(H,31,37)(H,32,34)(H,35,36)/t23-,26?/m0/s1. The number of aliphatic carboxylic acids is 1. The summed E-state index contributed by atoms with van der Waals surface area (Å²) in [4.78, 5) is 51.1. The molecule has 1 unspecified atom stereocenters. The number of nitrogens with one attached hydrogen (secondary N) is 2. The average Bonchev–Trinajstić information content (AvgIpc) is 2.93. The van der Waals surface area contributed by atoms with Crippen LogP contribution in [0, 0.1) is 0 Å². The molecule has 0 bridgehead atoms. The zero-order chi connectivity index (χ0) is 30.0. The average molecular weight is 570 g/mol. The summed E-state index contributed by atoms with van der Waals surface area (Å²) in [6.45, 7) is 5.66. The highest BCUT2D eigenvalue weighted by molar-refractivity contribution is 5.89. The van der Waals surface area contributed by atoms with Crippen LogP contribution in [-0.2, 0) is 30.3 Å². The lowest BCUT2D eigenvalue weighted by Gasteiger charge is -2.36. The number of methoxy groups -OCH3 is 1. The van der Waals surface area contributed by atoms with Crippen LogP contribution in [0.2, 0.25) is 0 Å². The lowest BCUT2D eigenvalue weighted by molar-refractivity contribution is -0.138. The maximum atomic E-state index is 13.0. The van der Waals surface area contributed by atoms with E-state index in [1.807, 2.05) is 48.5 Å². The Labute approximate surface area is 240 Å². The third-order valence-corrected chi connectivity index (χ3v) is 6.30. The van der Waals surface area contributed by atoms with Gasteiger partial charge in [0.05, 0.1) is 13.7 Å². The van der Waals surface area contributed by atoms with Gasteiger partial charge in [0.25, 0.3) is 0 Å². The summed E-state index contributed by atoms with van der Waals surface area (Å²) in [5.41, 5.74) is 1.83. The highest BCUT2D eigenvalue weighted by Gasteiger charge is 2.32. The quantitative estimate of drug-likeness (QED) is 0.374. The van der Waals surface area contributed by atoms with Crippen molar-refractivity contribution in [2.45, 2.75) is 64.3 Å². The predicted molar refractivity (Wildman–Crippen MR) is 151 cm³/mol. The number of carboxylic acids is 1. The highest BCUT2D eigenvalue weighted by atomic mass is 16.6. The minimum Gasteiger partial charge on any atom is -0.496 e. The summed E-state index contributed by atoms with van der Waals surface area (Å²) in [7, 11) is 1.59. The van der Waals surface area contributed by atoms with E-state index in [0.29, 0.717) is 25.3 Å². The number of hydrogen-bond donors (Lipinski definition) is 3. The molecule has 3 N–H and O–H groups in total. The van der Waals surface area contributed by atoms with Gasteiger partial charge in [-0.1, -0.05) is 42.5 Å². The Morgan fingerprint density at radius 1 is 1.12 bits per heavy atom. The fourth-order valence-electron chi connectivity index (χ4n) is 4.46. The molecule has 1 aliphatic heterocycles. The topological polar surface area (TPSA) is 144 Å². The first-order valence-electron chi connectivity index (χ1n) is 13.6. The number of rotatable bonds is 11. The Balaban J connectivity index is 1.70. The molecule has 0 aliphatic carbocycles. The smallest absolute Gasteiger partial charge is 0.412 e. The van der Waals surface area contributed by atoms with Gasteiger partial charge in [-0.15, -0.1) is 0 Å². The van der Waals surface area contributed by atoms with Gasteiger partial charge in [-0.2, -0.15) is 0 Å². The molecule has 11 heteroatoms. The number of carbonyl (C=O) groups excluding carboxylic acids is 3. The fraction of sp³-hybridized carbons (Fsp3) is 0.467. The molecule has 2 aromatic carbocycles. The van der Waals surface area contributed by atoms with Crippen molar-refractivity contribution in [3.63, 3.8) is 0 Å². The van der Waals surface area contributed by atoms with Crippen molar-refractivity contribution in [1.29, 1.82) is 0 Å². The maximum Gasteiger partial charge on any atom is 0.412 e. The molecular weight excluding hydrogens is 530 g/mol. The van der Waals surface area contributed by atoms with Crippen molar-refractivity contribution in [2.75, 3.05) is 26.8 Å². The van der Waals surface area contributed by atoms with E-state index in [4.69, 9.17) is 19.3 Å². The first kappa shape index (κ1) is 31.4. The second-order valence-corrected chi connectivity index (χ2v) is 10.7. The number of benzene rings is 2. The third kappa shape index (κ3) is 9.78. The van der Waals surface area contributed by atoms with Gasteiger partial charge in [0.2, 0.25) is 11.8 Å². The first-order valence-corrected chi connectivity index (χ1v) is 13.6.